The molecule has 0 fully saturated rings. The van der Waals surface area contributed by atoms with Gasteiger partial charge >= 0.3 is 0 Å². The molecule has 466 valence electrons. The van der Waals surface area contributed by atoms with Gasteiger partial charge in [-0.1, -0.05) is 71.2 Å². The number of phenolic OH excluding ortho intramolecular Hbond substituents is 2. The van der Waals surface area contributed by atoms with E-state index in [0.717, 1.165) is 46.9 Å². The van der Waals surface area contributed by atoms with Crippen LogP contribution in [0, 0.1) is 20.2 Å². The lowest BCUT2D eigenvalue weighted by Crippen LogP contribution is -2.06. The van der Waals surface area contributed by atoms with Gasteiger partial charge in [-0.25, -0.2) is 14.2 Å². The molecule has 1 atom stereocenters. The maximum atomic E-state index is 12.8. The Bertz CT molecular complexity index is 5500. The number of anilines is 8. The van der Waals surface area contributed by atoms with E-state index in [4.69, 9.17) is 23.2 Å². The molecule has 0 saturated carbocycles. The zero-order chi connectivity index (χ0) is 65.6. The zero-order valence-electron chi connectivity index (χ0n) is 45.7. The molecular formula is C54H32Cl2N18O14S5. The first-order valence-corrected chi connectivity index (χ1v) is 32.1. The smallest absolute Gasteiger partial charge is 0.296 e. The number of nitrogens with zero attached hydrogens (tertiary/aromatic N) is 14. The van der Waals surface area contributed by atoms with Crippen LogP contribution in [0.1, 0.15) is 11.1 Å². The van der Waals surface area contributed by atoms with Crippen molar-refractivity contribution in [3.8, 4) is 11.5 Å². The van der Waals surface area contributed by atoms with Crippen LogP contribution in [-0.4, -0.2) is 94.6 Å². The number of nitro benzene ring substituents is 2. The van der Waals surface area contributed by atoms with Crippen LogP contribution in [0.4, 0.5) is 79.6 Å². The SMILES string of the molecule is O=[N+]([O-])c1ccc2nc(N=Nc3ccc4cccc(Nc5nc(Cl)nc(Nc6ccc(C=Cc7ccc(Nc8nc(Cl)nc(Nc9cc(S(=O)O)cc%10cc(S(=O)(=O)O)c(N=Nc%11nc%12ccc([N+](=O)[O-])cc%12s%11)c(O)c9%10)n8)cc7)c(S(=O)(=O)O)c6)n5)c4c3O)sc2c1. The molecule has 9 N–H and O–H groups in total. The number of fused-ring (bicyclic) bond motifs is 4. The van der Waals surface area contributed by atoms with Crippen LogP contribution in [0.15, 0.2) is 163 Å². The van der Waals surface area contributed by atoms with Gasteiger partial charge in [0.2, 0.25) is 44.6 Å². The summed E-state index contributed by atoms with van der Waals surface area (Å²) in [7, 11) is -10.1. The van der Waals surface area contributed by atoms with Gasteiger partial charge in [0.25, 0.3) is 31.6 Å². The van der Waals surface area contributed by atoms with Crippen molar-refractivity contribution in [2.75, 3.05) is 21.3 Å². The van der Waals surface area contributed by atoms with Crippen LogP contribution < -0.4 is 21.3 Å². The molecule has 12 aromatic rings. The highest BCUT2D eigenvalue weighted by molar-refractivity contribution is 7.86. The standard InChI is InChI=1S/C54H32Cl2N18O14S5/c55-47-63-49(67-52(66-47)60-37-23-32(91(81)82)18-27-19-41(93(86,87)88)44(46(76)43(27)37)70-72-54-62-34-17-14-31(74(79)80)22-39(34)90-54)57-28-10-5-24(6-11-28)4-7-25-8-12-29(20-40(25)92(83,84)85)58-50-64-48(56)65-51(68-50)59-35-3-1-2-26-9-15-36(45(75)42(26)35)69-71-53-61-33-16-13-30(73(77)78)21-38(33)89-53/h1-23,75-76H,(H,81,82)(H,83,84,85)(H,86,87,88)(H2,57,60,63,66,67)(H2,58,59,64,65,68). The van der Waals surface area contributed by atoms with E-state index in [0.29, 0.717) is 48.1 Å². The number of nitro groups is 2. The molecule has 4 heterocycles. The number of non-ortho nitro benzene ring substituents is 2. The van der Waals surface area contributed by atoms with Crippen LogP contribution in [0.3, 0.4) is 0 Å². The topological polar surface area (TPSA) is 473 Å². The molecule has 32 nitrogen and oxygen atoms in total. The summed E-state index contributed by atoms with van der Waals surface area (Å²) in [6, 6.07) is 29.8. The molecule has 39 heteroatoms. The molecule has 0 amide bonds. The normalized spacial score (nSPS) is 12.4. The Morgan fingerprint density at radius 1 is 0.538 bits per heavy atom. The minimum atomic E-state index is -5.18. The van der Waals surface area contributed by atoms with Crippen LogP contribution in [0.2, 0.25) is 10.6 Å². The molecule has 8 aromatic carbocycles. The Hall–Kier alpha value is -10.9. The van der Waals surface area contributed by atoms with Crippen molar-refractivity contribution in [2.45, 2.75) is 14.7 Å². The molecule has 12 rings (SSSR count). The summed E-state index contributed by atoms with van der Waals surface area (Å²) in [6.45, 7) is 0. The van der Waals surface area contributed by atoms with Gasteiger partial charge in [0.1, 0.15) is 21.2 Å². The van der Waals surface area contributed by atoms with Gasteiger partial charge in [-0.3, -0.25) is 29.3 Å². The number of aromatic nitrogens is 8. The van der Waals surface area contributed by atoms with Gasteiger partial charge in [0.05, 0.1) is 46.6 Å². The monoisotopic (exact) mass is 1390 g/mol. The molecule has 0 aliphatic heterocycles. The molecule has 0 bridgehead atoms. The van der Waals surface area contributed by atoms with Gasteiger partial charge in [-0.15, -0.1) is 20.5 Å². The summed E-state index contributed by atoms with van der Waals surface area (Å²) >= 11 is 11.9. The van der Waals surface area contributed by atoms with E-state index in [9.17, 15) is 65.1 Å². The lowest BCUT2D eigenvalue weighted by molar-refractivity contribution is -0.384. The Kier molecular flexibility index (Phi) is 16.8. The Morgan fingerprint density at radius 3 is 1.67 bits per heavy atom. The Balaban J connectivity index is 0.747. The van der Waals surface area contributed by atoms with Crippen molar-refractivity contribution in [3.63, 3.8) is 0 Å². The van der Waals surface area contributed by atoms with Crippen LogP contribution in [0.25, 0.3) is 54.1 Å². The molecule has 0 spiro atoms. The Labute approximate surface area is 539 Å². The van der Waals surface area contributed by atoms with E-state index in [-0.39, 0.29) is 100 Å². The third kappa shape index (κ3) is 13.8. The van der Waals surface area contributed by atoms with Gasteiger partial charge in [0.15, 0.2) is 22.6 Å². The van der Waals surface area contributed by atoms with E-state index < -0.39 is 62.4 Å². The van der Waals surface area contributed by atoms with Crippen molar-refractivity contribution < 1.29 is 54.8 Å². The van der Waals surface area contributed by atoms with E-state index in [1.54, 1.807) is 54.6 Å². The van der Waals surface area contributed by atoms with Crippen molar-refractivity contribution in [1.29, 1.82) is 0 Å². The minimum absolute atomic E-state index is 0.0641. The highest BCUT2D eigenvalue weighted by atomic mass is 35.5. The number of hydrogen-bond donors (Lipinski definition) is 9. The Morgan fingerprint density at radius 2 is 1.09 bits per heavy atom. The minimum Gasteiger partial charge on any atom is -0.505 e. The number of halogens is 2. The van der Waals surface area contributed by atoms with E-state index in [1.807, 2.05) is 0 Å². The molecule has 0 saturated heterocycles. The lowest BCUT2D eigenvalue weighted by Gasteiger charge is -2.15. The number of rotatable bonds is 19. The third-order valence-corrected chi connectivity index (χ3v) is 17.7. The zero-order valence-corrected chi connectivity index (χ0v) is 51.3. The number of phenols is 2. The van der Waals surface area contributed by atoms with Crippen LogP contribution in [0.5, 0.6) is 11.5 Å². The van der Waals surface area contributed by atoms with Gasteiger partial charge < -0.3 is 36.0 Å². The number of azo groups is 2. The van der Waals surface area contributed by atoms with Gasteiger partial charge in [0, 0.05) is 46.4 Å². The number of nitrogens with one attached hydrogen (secondary N) is 4. The van der Waals surface area contributed by atoms with E-state index in [2.05, 4.69) is 81.6 Å². The molecule has 0 aliphatic rings. The third-order valence-electron chi connectivity index (χ3n) is 13.1. The van der Waals surface area contributed by atoms with Gasteiger partial charge in [-0.05, 0) is 112 Å². The number of hydrogen-bond acceptors (Lipinski definition) is 29. The number of benzene rings is 8. The summed E-state index contributed by atoms with van der Waals surface area (Å²) in [4.78, 5) is 53.4. The van der Waals surface area contributed by atoms with Crippen molar-refractivity contribution in [2.24, 2.45) is 20.5 Å². The average Bonchev–Trinajstić information content (AvgIpc) is 1.44. The van der Waals surface area contributed by atoms with Crippen molar-refractivity contribution in [1.82, 2.24) is 39.9 Å². The van der Waals surface area contributed by atoms with Crippen LogP contribution >= 0.6 is 45.9 Å². The summed E-state index contributed by atoms with van der Waals surface area (Å²) in [5, 5.41) is 73.4. The maximum Gasteiger partial charge on any atom is 0.296 e. The summed E-state index contributed by atoms with van der Waals surface area (Å²) in [5.74, 6) is -1.88. The second-order valence-corrected chi connectivity index (χ2v) is 25.5. The van der Waals surface area contributed by atoms with E-state index in [1.165, 1.54) is 60.7 Å². The molecular weight excluding hydrogens is 1360 g/mol. The van der Waals surface area contributed by atoms with Crippen molar-refractivity contribution in [3.05, 3.63) is 169 Å². The highest BCUT2D eigenvalue weighted by Gasteiger charge is 2.26. The largest absolute Gasteiger partial charge is 0.505 e. The molecule has 4 aromatic heterocycles. The second-order valence-electron chi connectivity index (χ2n) is 19.1. The van der Waals surface area contributed by atoms with Gasteiger partial charge in [-0.2, -0.15) is 46.7 Å². The highest BCUT2D eigenvalue weighted by Crippen LogP contribution is 2.47. The first-order valence-electron chi connectivity index (χ1n) is 25.8. The summed E-state index contributed by atoms with van der Waals surface area (Å²) in [5.41, 5.74) is 0.929. The molecule has 1 unspecified atom stereocenters. The number of aromatic hydroxyl groups is 2. The number of thiazole rings is 2. The fourth-order valence-electron chi connectivity index (χ4n) is 9.05. The predicted molar refractivity (Wildman–Crippen MR) is 345 cm³/mol. The van der Waals surface area contributed by atoms with Crippen LogP contribution in [-0.2, 0) is 31.3 Å². The fourth-order valence-corrected chi connectivity index (χ4v) is 12.8. The summed E-state index contributed by atoms with van der Waals surface area (Å²) in [6.07, 6.45) is 2.99. The lowest BCUT2D eigenvalue weighted by atomic mass is 10.1. The van der Waals surface area contributed by atoms with E-state index >= 15 is 0 Å². The summed E-state index contributed by atoms with van der Waals surface area (Å²) < 4.78 is 95.1. The predicted octanol–water partition coefficient (Wildman–Crippen LogP) is 14.2. The maximum absolute atomic E-state index is 12.8. The molecule has 93 heavy (non-hydrogen) atoms. The quantitative estimate of drug-likeness (QED) is 0.00906. The molecule has 0 radical (unpaired) electrons. The second kappa shape index (κ2) is 25.1. The fraction of sp³-hybridized carbons (Fsp3) is 0. The first kappa shape index (κ1) is 62.3. The average molecular weight is 1390 g/mol. The molecule has 0 aliphatic carbocycles. The van der Waals surface area contributed by atoms with Crippen molar-refractivity contribution >= 4 is 211 Å². The first-order chi connectivity index (χ1) is 44.3.